The summed E-state index contributed by atoms with van der Waals surface area (Å²) in [5.74, 6) is -0.185. The van der Waals surface area contributed by atoms with Crippen molar-refractivity contribution in [1.29, 1.82) is 0 Å². The smallest absolute Gasteiger partial charge is 0.323 e. The number of carbonyl (C=O) groups is 2. The van der Waals surface area contributed by atoms with Crippen LogP contribution in [0.1, 0.15) is 27.2 Å². The van der Waals surface area contributed by atoms with Gasteiger partial charge in [-0.2, -0.15) is 0 Å². The van der Waals surface area contributed by atoms with E-state index in [1.807, 2.05) is 20.8 Å². The van der Waals surface area contributed by atoms with Gasteiger partial charge in [-0.15, -0.1) is 0 Å². The number of β-amino-alcohol motifs (C(OH)–C–C–N with tert-alkyl or cyclic N) is 1. The zero-order valence-corrected chi connectivity index (χ0v) is 12.0. The van der Waals surface area contributed by atoms with E-state index in [9.17, 15) is 14.7 Å². The van der Waals surface area contributed by atoms with E-state index in [1.54, 1.807) is 4.90 Å². The molecule has 1 heterocycles. The van der Waals surface area contributed by atoms with Gasteiger partial charge in [0.1, 0.15) is 6.04 Å². The van der Waals surface area contributed by atoms with E-state index in [1.165, 1.54) is 7.11 Å². The van der Waals surface area contributed by atoms with E-state index < -0.39 is 18.1 Å². The molecule has 1 aliphatic heterocycles. The largest absolute Gasteiger partial charge is 0.468 e. The van der Waals surface area contributed by atoms with Crippen LogP contribution in [0.3, 0.4) is 0 Å². The first-order valence-electron chi connectivity index (χ1n) is 6.64. The molecule has 1 aliphatic rings. The Morgan fingerprint density at radius 2 is 2.05 bits per heavy atom. The molecule has 6 nitrogen and oxygen atoms in total. The number of aliphatic hydroxyl groups is 1. The second-order valence-corrected chi connectivity index (χ2v) is 5.46. The molecule has 2 N–H and O–H groups in total. The first kappa shape index (κ1) is 15.9. The minimum absolute atomic E-state index is 0.0802. The number of likely N-dealkylation sites (tertiary alicyclic amines) is 1. The van der Waals surface area contributed by atoms with Gasteiger partial charge in [0.25, 0.3) is 0 Å². The molecule has 0 spiro atoms. The molecule has 1 fully saturated rings. The maximum atomic E-state index is 11.9. The summed E-state index contributed by atoms with van der Waals surface area (Å²) < 4.78 is 4.69. The monoisotopic (exact) mass is 272 g/mol. The number of nitrogens with one attached hydrogen (secondary N) is 1. The van der Waals surface area contributed by atoms with Crippen LogP contribution < -0.4 is 5.32 Å². The van der Waals surface area contributed by atoms with Gasteiger partial charge < -0.3 is 15.2 Å². The third-order valence-corrected chi connectivity index (χ3v) is 3.59. The molecule has 6 heteroatoms. The van der Waals surface area contributed by atoms with E-state index in [2.05, 4.69) is 5.32 Å². The van der Waals surface area contributed by atoms with Gasteiger partial charge in [0.15, 0.2) is 0 Å². The predicted octanol–water partition coefficient (Wildman–Crippen LogP) is -0.245. The highest BCUT2D eigenvalue weighted by atomic mass is 16.5. The van der Waals surface area contributed by atoms with E-state index in [0.717, 1.165) is 0 Å². The Labute approximate surface area is 114 Å². The van der Waals surface area contributed by atoms with E-state index in [0.29, 0.717) is 18.9 Å². The van der Waals surface area contributed by atoms with Crippen molar-refractivity contribution in [2.45, 2.75) is 45.4 Å². The van der Waals surface area contributed by atoms with Crippen molar-refractivity contribution < 1.29 is 19.4 Å². The third-order valence-electron chi connectivity index (χ3n) is 3.59. The normalized spacial score (nSPS) is 25.4. The van der Waals surface area contributed by atoms with Gasteiger partial charge in [-0.05, 0) is 12.8 Å². The molecule has 0 aromatic rings. The molecule has 0 radical (unpaired) electrons. The number of carbonyl (C=O) groups excluding carboxylic acids is 2. The molecule has 0 aromatic carbocycles. The maximum absolute atomic E-state index is 11.9. The quantitative estimate of drug-likeness (QED) is 0.675. The first-order valence-corrected chi connectivity index (χ1v) is 6.64. The van der Waals surface area contributed by atoms with Crippen LogP contribution in [0.5, 0.6) is 0 Å². The van der Waals surface area contributed by atoms with Crippen molar-refractivity contribution in [1.82, 2.24) is 10.2 Å². The Morgan fingerprint density at radius 3 is 2.58 bits per heavy atom. The third kappa shape index (κ3) is 4.47. The topological polar surface area (TPSA) is 78.9 Å². The molecular weight excluding hydrogens is 248 g/mol. The SMILES string of the molecule is COC(=O)C1CC(O)CN1CC(=O)NC(C)C(C)C. The highest BCUT2D eigenvalue weighted by molar-refractivity contribution is 5.81. The Morgan fingerprint density at radius 1 is 1.42 bits per heavy atom. The molecule has 0 saturated carbocycles. The molecule has 0 bridgehead atoms. The molecular formula is C13H24N2O4. The number of hydrogen-bond donors (Lipinski definition) is 2. The van der Waals surface area contributed by atoms with Crippen LogP contribution in [0.4, 0.5) is 0 Å². The average Bonchev–Trinajstić information content (AvgIpc) is 2.68. The van der Waals surface area contributed by atoms with Crippen LogP contribution in [-0.4, -0.2) is 60.3 Å². The number of esters is 1. The molecule has 0 aromatic heterocycles. The number of ether oxygens (including phenoxy) is 1. The highest BCUT2D eigenvalue weighted by Crippen LogP contribution is 2.18. The van der Waals surface area contributed by atoms with E-state index in [-0.39, 0.29) is 18.5 Å². The Balaban J connectivity index is 2.54. The zero-order chi connectivity index (χ0) is 14.6. The van der Waals surface area contributed by atoms with Gasteiger partial charge in [-0.25, -0.2) is 0 Å². The van der Waals surface area contributed by atoms with Crippen molar-refractivity contribution in [2.75, 3.05) is 20.2 Å². The van der Waals surface area contributed by atoms with E-state index >= 15 is 0 Å². The van der Waals surface area contributed by atoms with Crippen molar-refractivity contribution >= 4 is 11.9 Å². The number of amides is 1. The molecule has 19 heavy (non-hydrogen) atoms. The van der Waals surface area contributed by atoms with Gasteiger partial charge in [0.2, 0.25) is 5.91 Å². The Hall–Kier alpha value is -1.14. The summed E-state index contributed by atoms with van der Waals surface area (Å²) in [4.78, 5) is 25.1. The first-order chi connectivity index (χ1) is 8.85. The zero-order valence-electron chi connectivity index (χ0n) is 12.0. The lowest BCUT2D eigenvalue weighted by atomic mass is 10.1. The minimum Gasteiger partial charge on any atom is -0.468 e. The van der Waals surface area contributed by atoms with Crippen molar-refractivity contribution in [3.63, 3.8) is 0 Å². The van der Waals surface area contributed by atoms with Gasteiger partial charge >= 0.3 is 5.97 Å². The number of methoxy groups -OCH3 is 1. The molecule has 3 unspecified atom stereocenters. The van der Waals surface area contributed by atoms with Crippen LogP contribution in [0.2, 0.25) is 0 Å². The van der Waals surface area contributed by atoms with Gasteiger partial charge in [0, 0.05) is 19.0 Å². The van der Waals surface area contributed by atoms with Crippen LogP contribution >= 0.6 is 0 Å². The van der Waals surface area contributed by atoms with Gasteiger partial charge in [-0.1, -0.05) is 13.8 Å². The fraction of sp³-hybridized carbons (Fsp3) is 0.846. The van der Waals surface area contributed by atoms with Crippen molar-refractivity contribution in [3.05, 3.63) is 0 Å². The second kappa shape index (κ2) is 6.86. The average molecular weight is 272 g/mol. The number of hydrogen-bond acceptors (Lipinski definition) is 5. The summed E-state index contributed by atoms with van der Waals surface area (Å²) in [6.07, 6.45) is -0.265. The lowest BCUT2D eigenvalue weighted by Crippen LogP contribution is -2.46. The fourth-order valence-electron chi connectivity index (χ4n) is 2.09. The summed E-state index contributed by atoms with van der Waals surface area (Å²) in [7, 11) is 1.31. The molecule has 110 valence electrons. The highest BCUT2D eigenvalue weighted by Gasteiger charge is 2.37. The van der Waals surface area contributed by atoms with Crippen LogP contribution in [0.15, 0.2) is 0 Å². The van der Waals surface area contributed by atoms with Crippen LogP contribution in [0, 0.1) is 5.92 Å². The van der Waals surface area contributed by atoms with E-state index in [4.69, 9.17) is 4.74 Å². The molecule has 0 aliphatic carbocycles. The van der Waals surface area contributed by atoms with Gasteiger partial charge in [0.05, 0.1) is 19.8 Å². The molecule has 3 atom stereocenters. The number of rotatable bonds is 5. The molecule has 1 rings (SSSR count). The summed E-state index contributed by atoms with van der Waals surface area (Å²) in [5, 5.41) is 12.5. The Kier molecular flexibility index (Phi) is 5.75. The van der Waals surface area contributed by atoms with Crippen molar-refractivity contribution in [2.24, 2.45) is 5.92 Å². The van der Waals surface area contributed by atoms with Crippen LogP contribution in [-0.2, 0) is 14.3 Å². The lowest BCUT2D eigenvalue weighted by molar-refractivity contribution is -0.146. The number of aliphatic hydroxyl groups excluding tert-OH is 1. The molecule has 1 amide bonds. The molecule has 1 saturated heterocycles. The second-order valence-electron chi connectivity index (χ2n) is 5.46. The summed E-state index contributed by atoms with van der Waals surface area (Å²) in [6.45, 7) is 6.43. The van der Waals surface area contributed by atoms with Crippen LogP contribution in [0.25, 0.3) is 0 Å². The van der Waals surface area contributed by atoms with Crippen molar-refractivity contribution in [3.8, 4) is 0 Å². The Bertz CT molecular complexity index is 333. The maximum Gasteiger partial charge on any atom is 0.323 e. The fourth-order valence-corrected chi connectivity index (χ4v) is 2.09. The standard InChI is InChI=1S/C13H24N2O4/c1-8(2)9(3)14-12(17)7-15-6-10(16)5-11(15)13(18)19-4/h8-11,16H,5-7H2,1-4H3,(H,14,17). The predicted molar refractivity (Wildman–Crippen MR) is 70.4 cm³/mol. The summed E-state index contributed by atoms with van der Waals surface area (Å²) in [6, 6.07) is -0.447. The minimum atomic E-state index is -0.584. The summed E-state index contributed by atoms with van der Waals surface area (Å²) >= 11 is 0. The summed E-state index contributed by atoms with van der Waals surface area (Å²) in [5.41, 5.74) is 0. The number of nitrogens with zero attached hydrogens (tertiary/aromatic N) is 1. The lowest BCUT2D eigenvalue weighted by Gasteiger charge is -2.23. The van der Waals surface area contributed by atoms with Gasteiger partial charge in [-0.3, -0.25) is 14.5 Å².